The molecule has 4 rings (SSSR count). The number of nitrogens with zero attached hydrogens (tertiary/aromatic N) is 5. The summed E-state index contributed by atoms with van der Waals surface area (Å²) < 4.78 is 5.39. The van der Waals surface area contributed by atoms with Gasteiger partial charge in [-0.25, -0.2) is 15.0 Å². The van der Waals surface area contributed by atoms with Gasteiger partial charge in [-0.1, -0.05) is 0 Å². The molecule has 0 atom stereocenters. The van der Waals surface area contributed by atoms with Crippen molar-refractivity contribution in [2.75, 3.05) is 49.2 Å². The first-order valence-electron chi connectivity index (χ1n) is 9.92. The lowest BCUT2D eigenvalue weighted by Crippen LogP contribution is -2.36. The molecule has 2 aromatic rings. The van der Waals surface area contributed by atoms with E-state index in [1.54, 1.807) is 12.3 Å². The molecule has 0 bridgehead atoms. The van der Waals surface area contributed by atoms with E-state index in [2.05, 4.69) is 30.1 Å². The van der Waals surface area contributed by atoms with Crippen molar-refractivity contribution in [2.24, 2.45) is 0 Å². The Labute approximate surface area is 164 Å². The van der Waals surface area contributed by atoms with Gasteiger partial charge in [-0.2, -0.15) is 0 Å². The lowest BCUT2D eigenvalue weighted by molar-refractivity contribution is 0.0945. The van der Waals surface area contributed by atoms with Gasteiger partial charge in [0.25, 0.3) is 5.91 Å². The second-order valence-corrected chi connectivity index (χ2v) is 7.11. The molecule has 28 heavy (non-hydrogen) atoms. The van der Waals surface area contributed by atoms with Crippen LogP contribution in [0.4, 0.5) is 11.6 Å². The molecule has 148 valence electrons. The summed E-state index contributed by atoms with van der Waals surface area (Å²) in [4.78, 5) is 29.9. The van der Waals surface area contributed by atoms with Crippen molar-refractivity contribution in [3.05, 3.63) is 42.0 Å². The van der Waals surface area contributed by atoms with Crippen LogP contribution in [0.2, 0.25) is 0 Å². The Bertz CT molecular complexity index is 803. The number of carbonyl (C=O) groups is 1. The van der Waals surface area contributed by atoms with Gasteiger partial charge in [-0.15, -0.1) is 0 Å². The quantitative estimate of drug-likeness (QED) is 0.841. The molecular weight excluding hydrogens is 356 g/mol. The van der Waals surface area contributed by atoms with Crippen LogP contribution < -0.4 is 15.1 Å². The minimum absolute atomic E-state index is 0.189. The summed E-state index contributed by atoms with van der Waals surface area (Å²) >= 11 is 0. The summed E-state index contributed by atoms with van der Waals surface area (Å²) in [5, 5.41) is 2.96. The fraction of sp³-hybridized carbons (Fsp3) is 0.500. The Morgan fingerprint density at radius 1 is 0.964 bits per heavy atom. The third-order valence-corrected chi connectivity index (χ3v) is 5.16. The standard InChI is InChI=1S/C20H26N6O2/c27-20(17-13-19(24-15-23-17)25-6-2-1-3-7-25)22-14-16-4-5-21-18(12-16)26-8-10-28-11-9-26/h4-5,12-13,15H,1-3,6-11,14H2,(H,22,27). The molecule has 2 fully saturated rings. The molecule has 2 saturated heterocycles. The third kappa shape index (κ3) is 4.56. The molecule has 0 spiro atoms. The molecule has 1 amide bonds. The smallest absolute Gasteiger partial charge is 0.270 e. The number of anilines is 2. The SMILES string of the molecule is O=C(NCc1ccnc(N2CCOCC2)c1)c1cc(N2CCCCC2)ncn1. The van der Waals surface area contributed by atoms with Crippen LogP contribution in [0.1, 0.15) is 35.3 Å². The summed E-state index contributed by atoms with van der Waals surface area (Å²) in [6.45, 7) is 5.51. The van der Waals surface area contributed by atoms with Gasteiger partial charge >= 0.3 is 0 Å². The fourth-order valence-electron chi connectivity index (χ4n) is 3.58. The molecule has 0 aliphatic carbocycles. The number of piperidine rings is 1. The highest BCUT2D eigenvalue weighted by molar-refractivity contribution is 5.92. The van der Waals surface area contributed by atoms with Gasteiger partial charge in [-0.3, -0.25) is 4.79 Å². The van der Waals surface area contributed by atoms with E-state index in [1.165, 1.54) is 25.6 Å². The molecule has 0 radical (unpaired) electrons. The number of amides is 1. The van der Waals surface area contributed by atoms with Crippen molar-refractivity contribution in [1.82, 2.24) is 20.3 Å². The summed E-state index contributed by atoms with van der Waals surface area (Å²) in [6.07, 6.45) is 6.85. The second-order valence-electron chi connectivity index (χ2n) is 7.11. The first-order chi connectivity index (χ1) is 13.8. The second kappa shape index (κ2) is 8.97. The van der Waals surface area contributed by atoms with E-state index in [0.29, 0.717) is 12.2 Å². The number of hydrogen-bond acceptors (Lipinski definition) is 7. The first-order valence-corrected chi connectivity index (χ1v) is 9.92. The van der Waals surface area contributed by atoms with Gasteiger partial charge in [0.2, 0.25) is 0 Å². The Morgan fingerprint density at radius 2 is 1.71 bits per heavy atom. The van der Waals surface area contributed by atoms with E-state index < -0.39 is 0 Å². The van der Waals surface area contributed by atoms with E-state index in [1.807, 2.05) is 12.1 Å². The molecule has 4 heterocycles. The Balaban J connectivity index is 1.38. The van der Waals surface area contributed by atoms with Crippen molar-refractivity contribution in [3.63, 3.8) is 0 Å². The molecule has 0 unspecified atom stereocenters. The predicted molar refractivity (Wildman–Crippen MR) is 107 cm³/mol. The zero-order valence-corrected chi connectivity index (χ0v) is 16.0. The van der Waals surface area contributed by atoms with Crippen molar-refractivity contribution < 1.29 is 9.53 Å². The number of aromatic nitrogens is 3. The highest BCUT2D eigenvalue weighted by Gasteiger charge is 2.16. The van der Waals surface area contributed by atoms with Crippen LogP contribution >= 0.6 is 0 Å². The van der Waals surface area contributed by atoms with Crippen LogP contribution in [0.3, 0.4) is 0 Å². The first kappa shape index (κ1) is 18.6. The average Bonchev–Trinajstić information content (AvgIpc) is 2.79. The highest BCUT2D eigenvalue weighted by Crippen LogP contribution is 2.18. The number of carbonyl (C=O) groups excluding carboxylic acids is 1. The molecule has 2 aromatic heterocycles. The van der Waals surface area contributed by atoms with Gasteiger partial charge < -0.3 is 19.9 Å². The molecule has 0 saturated carbocycles. The largest absolute Gasteiger partial charge is 0.378 e. The fourth-order valence-corrected chi connectivity index (χ4v) is 3.58. The highest BCUT2D eigenvalue weighted by atomic mass is 16.5. The van der Waals surface area contributed by atoms with Crippen molar-refractivity contribution in [3.8, 4) is 0 Å². The van der Waals surface area contributed by atoms with Gasteiger partial charge in [0.05, 0.1) is 13.2 Å². The van der Waals surface area contributed by atoms with Crippen molar-refractivity contribution >= 4 is 17.5 Å². The number of nitrogens with one attached hydrogen (secondary N) is 1. The van der Waals surface area contributed by atoms with Gasteiger partial charge in [0.15, 0.2) is 0 Å². The Kier molecular flexibility index (Phi) is 5.96. The zero-order valence-electron chi connectivity index (χ0n) is 16.0. The monoisotopic (exact) mass is 382 g/mol. The number of pyridine rings is 1. The van der Waals surface area contributed by atoms with Crippen molar-refractivity contribution in [1.29, 1.82) is 0 Å². The molecule has 8 nitrogen and oxygen atoms in total. The minimum Gasteiger partial charge on any atom is -0.378 e. The molecule has 2 aliphatic heterocycles. The van der Waals surface area contributed by atoms with Gasteiger partial charge in [0, 0.05) is 45.0 Å². The summed E-state index contributed by atoms with van der Waals surface area (Å²) in [5.74, 6) is 1.56. The van der Waals surface area contributed by atoms with Gasteiger partial charge in [-0.05, 0) is 37.0 Å². The summed E-state index contributed by atoms with van der Waals surface area (Å²) in [5.41, 5.74) is 1.41. The maximum absolute atomic E-state index is 12.6. The maximum atomic E-state index is 12.6. The lowest BCUT2D eigenvalue weighted by Gasteiger charge is -2.28. The molecule has 8 heteroatoms. The number of rotatable bonds is 5. The normalized spacial score (nSPS) is 17.4. The molecule has 2 aliphatic rings. The maximum Gasteiger partial charge on any atom is 0.270 e. The summed E-state index contributed by atoms with van der Waals surface area (Å²) in [6, 6.07) is 5.72. The number of morpholine rings is 1. The van der Waals surface area contributed by atoms with Crippen LogP contribution in [0.5, 0.6) is 0 Å². The Hall–Kier alpha value is -2.74. The van der Waals surface area contributed by atoms with Crippen molar-refractivity contribution in [2.45, 2.75) is 25.8 Å². The lowest BCUT2D eigenvalue weighted by atomic mass is 10.1. The minimum atomic E-state index is -0.189. The van der Waals surface area contributed by atoms with E-state index >= 15 is 0 Å². The van der Waals surface area contributed by atoms with E-state index in [9.17, 15) is 4.79 Å². The molecular formula is C20H26N6O2. The zero-order chi connectivity index (χ0) is 19.2. The van der Waals surface area contributed by atoms with Crippen LogP contribution in [-0.4, -0.2) is 60.3 Å². The van der Waals surface area contributed by atoms with Crippen LogP contribution in [0, 0.1) is 0 Å². The van der Waals surface area contributed by atoms with Crippen LogP contribution in [0.25, 0.3) is 0 Å². The number of ether oxygens (including phenoxy) is 1. The van der Waals surface area contributed by atoms with Crippen LogP contribution in [0.15, 0.2) is 30.7 Å². The van der Waals surface area contributed by atoms with Gasteiger partial charge in [0.1, 0.15) is 23.7 Å². The van der Waals surface area contributed by atoms with Crippen LogP contribution in [-0.2, 0) is 11.3 Å². The molecule has 0 aromatic carbocycles. The Morgan fingerprint density at radius 3 is 2.54 bits per heavy atom. The van der Waals surface area contributed by atoms with E-state index in [0.717, 1.165) is 56.6 Å². The third-order valence-electron chi connectivity index (χ3n) is 5.16. The van der Waals surface area contributed by atoms with E-state index in [-0.39, 0.29) is 5.91 Å². The predicted octanol–water partition coefficient (Wildman–Crippen LogP) is 1.63. The van der Waals surface area contributed by atoms with E-state index in [4.69, 9.17) is 4.74 Å². The average molecular weight is 382 g/mol. The molecule has 1 N–H and O–H groups in total. The topological polar surface area (TPSA) is 83.5 Å². The number of hydrogen-bond donors (Lipinski definition) is 1. The summed E-state index contributed by atoms with van der Waals surface area (Å²) in [7, 11) is 0.